The number of aliphatic imine (C=N–C) groups is 1. The average molecular weight is 452 g/mol. The Morgan fingerprint density at radius 3 is 2.78 bits per heavy atom. The molecule has 1 fully saturated rings. The van der Waals surface area contributed by atoms with Crippen molar-refractivity contribution in [1.82, 2.24) is 15.2 Å². The molecule has 0 radical (unpaired) electrons. The van der Waals surface area contributed by atoms with E-state index in [4.69, 9.17) is 4.74 Å². The third kappa shape index (κ3) is 6.54. The number of aromatic nitrogens is 1. The third-order valence-corrected chi connectivity index (χ3v) is 5.02. The molecule has 132 valence electrons. The molecule has 0 saturated heterocycles. The van der Waals surface area contributed by atoms with Crippen LogP contribution in [0.3, 0.4) is 0 Å². The maximum absolute atomic E-state index is 5.50. The molecule has 0 aromatic carbocycles. The highest BCUT2D eigenvalue weighted by Crippen LogP contribution is 2.48. The molecule has 1 aliphatic carbocycles. The maximum atomic E-state index is 5.50. The molecule has 5 nitrogen and oxygen atoms in total. The van der Waals surface area contributed by atoms with E-state index in [1.54, 1.807) is 11.3 Å². The Morgan fingerprint density at radius 1 is 1.52 bits per heavy atom. The predicted molar refractivity (Wildman–Crippen MR) is 108 cm³/mol. The lowest BCUT2D eigenvalue weighted by atomic mass is 10.0. The van der Waals surface area contributed by atoms with Crippen molar-refractivity contribution >= 4 is 41.3 Å². The standard InChI is InChI=1S/C16H28N4OS.HI/c1-5-21-9-8-16(6-7-16)12-18-15(17-3)20(4)10-14-11-22-13(2)19-14;/h11H,5-10,12H2,1-4H3,(H,17,18);1H. The smallest absolute Gasteiger partial charge is 0.193 e. The summed E-state index contributed by atoms with van der Waals surface area (Å²) >= 11 is 1.69. The number of aryl methyl sites for hydroxylation is 1. The summed E-state index contributed by atoms with van der Waals surface area (Å²) in [5, 5.41) is 6.75. The summed E-state index contributed by atoms with van der Waals surface area (Å²) in [5.74, 6) is 0.938. The molecule has 0 spiro atoms. The Morgan fingerprint density at radius 2 is 2.26 bits per heavy atom. The van der Waals surface area contributed by atoms with Crippen LogP contribution < -0.4 is 5.32 Å². The lowest BCUT2D eigenvalue weighted by Crippen LogP contribution is -2.41. The summed E-state index contributed by atoms with van der Waals surface area (Å²) in [6, 6.07) is 0. The van der Waals surface area contributed by atoms with Gasteiger partial charge in [-0.15, -0.1) is 35.3 Å². The number of halogens is 1. The average Bonchev–Trinajstić information content (AvgIpc) is 3.14. The zero-order valence-corrected chi connectivity index (χ0v) is 17.7. The first kappa shape index (κ1) is 20.6. The first-order valence-electron chi connectivity index (χ1n) is 7.99. The molecule has 0 unspecified atom stereocenters. The SMILES string of the molecule is CCOCCC1(CNC(=NC)N(C)Cc2csc(C)n2)CC1.I. The van der Waals surface area contributed by atoms with Crippen LogP contribution in [0, 0.1) is 12.3 Å². The van der Waals surface area contributed by atoms with Crippen LogP contribution in [0.4, 0.5) is 0 Å². The van der Waals surface area contributed by atoms with E-state index >= 15 is 0 Å². The van der Waals surface area contributed by atoms with Crippen LogP contribution in [0.25, 0.3) is 0 Å². The van der Waals surface area contributed by atoms with Crippen molar-refractivity contribution < 1.29 is 4.74 Å². The van der Waals surface area contributed by atoms with Gasteiger partial charge < -0.3 is 15.0 Å². The molecule has 2 rings (SSSR count). The first-order valence-corrected chi connectivity index (χ1v) is 8.87. The molecule has 0 atom stereocenters. The molecule has 0 amide bonds. The van der Waals surface area contributed by atoms with Gasteiger partial charge in [0, 0.05) is 39.2 Å². The zero-order chi connectivity index (χ0) is 16.0. The summed E-state index contributed by atoms with van der Waals surface area (Å²) in [5.41, 5.74) is 1.52. The molecule has 0 bridgehead atoms. The molecular weight excluding hydrogens is 423 g/mol. The van der Waals surface area contributed by atoms with Crippen molar-refractivity contribution in [2.75, 3.05) is 33.9 Å². The van der Waals surface area contributed by atoms with Gasteiger partial charge in [0.25, 0.3) is 0 Å². The van der Waals surface area contributed by atoms with E-state index in [9.17, 15) is 0 Å². The molecule has 23 heavy (non-hydrogen) atoms. The fourth-order valence-corrected chi connectivity index (χ4v) is 3.18. The highest BCUT2D eigenvalue weighted by molar-refractivity contribution is 14.0. The number of hydrogen-bond acceptors (Lipinski definition) is 4. The van der Waals surface area contributed by atoms with E-state index < -0.39 is 0 Å². The fourth-order valence-electron chi connectivity index (χ4n) is 2.57. The summed E-state index contributed by atoms with van der Waals surface area (Å²) in [7, 11) is 3.90. The number of thiazole rings is 1. The molecule has 1 saturated carbocycles. The number of nitrogens with one attached hydrogen (secondary N) is 1. The zero-order valence-electron chi connectivity index (χ0n) is 14.6. The molecule has 1 aliphatic rings. The molecular formula is C16H29IN4OS. The molecule has 1 N–H and O–H groups in total. The van der Waals surface area contributed by atoms with Crippen LogP contribution in [0.5, 0.6) is 0 Å². The number of guanidine groups is 1. The van der Waals surface area contributed by atoms with Crippen molar-refractivity contribution in [2.24, 2.45) is 10.4 Å². The topological polar surface area (TPSA) is 49.8 Å². The van der Waals surface area contributed by atoms with Crippen LogP contribution >= 0.6 is 35.3 Å². The summed E-state index contributed by atoms with van der Waals surface area (Å²) < 4.78 is 5.50. The first-order chi connectivity index (χ1) is 10.6. The van der Waals surface area contributed by atoms with Crippen LogP contribution in [0.2, 0.25) is 0 Å². The van der Waals surface area contributed by atoms with Gasteiger partial charge >= 0.3 is 0 Å². The van der Waals surface area contributed by atoms with Crippen LogP contribution in [0.1, 0.15) is 36.9 Å². The lowest BCUT2D eigenvalue weighted by Gasteiger charge is -2.24. The van der Waals surface area contributed by atoms with Gasteiger partial charge in [0.1, 0.15) is 0 Å². The highest BCUT2D eigenvalue weighted by Gasteiger charge is 2.42. The molecule has 1 aromatic rings. The lowest BCUT2D eigenvalue weighted by molar-refractivity contribution is 0.128. The summed E-state index contributed by atoms with van der Waals surface area (Å²) in [4.78, 5) is 11.0. The second kappa shape index (κ2) is 9.78. The van der Waals surface area contributed by atoms with E-state index in [0.29, 0.717) is 5.41 Å². The predicted octanol–water partition coefficient (Wildman–Crippen LogP) is 3.28. The number of hydrogen-bond donors (Lipinski definition) is 1. The van der Waals surface area contributed by atoms with Gasteiger partial charge in [-0.25, -0.2) is 4.98 Å². The Hall–Kier alpha value is -0.410. The quantitative estimate of drug-likeness (QED) is 0.285. The minimum absolute atomic E-state index is 0. The monoisotopic (exact) mass is 452 g/mol. The van der Waals surface area contributed by atoms with Gasteiger partial charge in [0.15, 0.2) is 5.96 Å². The van der Waals surface area contributed by atoms with Gasteiger partial charge in [-0.1, -0.05) is 0 Å². The van der Waals surface area contributed by atoms with Gasteiger partial charge in [0.05, 0.1) is 17.2 Å². The van der Waals surface area contributed by atoms with Crippen molar-refractivity contribution in [1.29, 1.82) is 0 Å². The largest absolute Gasteiger partial charge is 0.382 e. The number of nitrogens with zero attached hydrogens (tertiary/aromatic N) is 3. The Balaban J connectivity index is 0.00000264. The van der Waals surface area contributed by atoms with Crippen LogP contribution in [-0.2, 0) is 11.3 Å². The second-order valence-electron chi connectivity index (χ2n) is 6.06. The summed E-state index contributed by atoms with van der Waals surface area (Å²) in [6.45, 7) is 7.53. The highest BCUT2D eigenvalue weighted by atomic mass is 127. The van der Waals surface area contributed by atoms with E-state index in [-0.39, 0.29) is 24.0 Å². The molecule has 1 aromatic heterocycles. The minimum Gasteiger partial charge on any atom is -0.382 e. The van der Waals surface area contributed by atoms with Gasteiger partial charge in [-0.2, -0.15) is 0 Å². The van der Waals surface area contributed by atoms with Crippen LogP contribution in [0.15, 0.2) is 10.4 Å². The Kier molecular flexibility index (Phi) is 8.78. The van der Waals surface area contributed by atoms with Crippen molar-refractivity contribution in [3.63, 3.8) is 0 Å². The fraction of sp³-hybridized carbons (Fsp3) is 0.750. The van der Waals surface area contributed by atoms with E-state index in [1.807, 2.05) is 14.0 Å². The van der Waals surface area contributed by atoms with Crippen molar-refractivity contribution in [2.45, 2.75) is 39.7 Å². The van der Waals surface area contributed by atoms with Gasteiger partial charge in [0.2, 0.25) is 0 Å². The number of rotatable bonds is 8. The summed E-state index contributed by atoms with van der Waals surface area (Å²) in [6.07, 6.45) is 3.72. The van der Waals surface area contributed by atoms with Crippen molar-refractivity contribution in [3.05, 3.63) is 16.1 Å². The van der Waals surface area contributed by atoms with Gasteiger partial charge in [-0.05, 0) is 38.5 Å². The van der Waals surface area contributed by atoms with E-state index in [1.165, 1.54) is 12.8 Å². The minimum atomic E-state index is 0. The molecule has 1 heterocycles. The third-order valence-electron chi connectivity index (χ3n) is 4.20. The normalized spacial score (nSPS) is 15.9. The number of ether oxygens (including phenoxy) is 1. The van der Waals surface area contributed by atoms with Crippen LogP contribution in [-0.4, -0.2) is 49.7 Å². The second-order valence-corrected chi connectivity index (χ2v) is 7.12. The molecule has 7 heteroatoms. The maximum Gasteiger partial charge on any atom is 0.193 e. The van der Waals surface area contributed by atoms with Gasteiger partial charge in [-0.3, -0.25) is 4.99 Å². The molecule has 0 aliphatic heterocycles. The Labute approximate surface area is 160 Å². The van der Waals surface area contributed by atoms with E-state index in [2.05, 4.69) is 39.5 Å². The Bertz CT molecular complexity index is 502. The van der Waals surface area contributed by atoms with E-state index in [0.717, 1.165) is 49.4 Å². The van der Waals surface area contributed by atoms with Crippen molar-refractivity contribution in [3.8, 4) is 0 Å².